The highest BCUT2D eigenvalue weighted by Gasteiger charge is 1.99. The van der Waals surface area contributed by atoms with Crippen LogP contribution in [0.2, 0.25) is 0 Å². The molecule has 0 saturated carbocycles. The molecule has 0 rings (SSSR count). The summed E-state index contributed by atoms with van der Waals surface area (Å²) in [7, 11) is 0. The van der Waals surface area contributed by atoms with E-state index in [-0.39, 0.29) is 5.91 Å². The maximum absolute atomic E-state index is 11.3. The number of carbonyl (C=O) groups excluding carboxylic acids is 1. The molecule has 0 fully saturated rings. The summed E-state index contributed by atoms with van der Waals surface area (Å²) in [5.41, 5.74) is 0. The van der Waals surface area contributed by atoms with Crippen molar-refractivity contribution in [3.63, 3.8) is 0 Å². The van der Waals surface area contributed by atoms with E-state index in [1.54, 1.807) is 6.42 Å². The highest BCUT2D eigenvalue weighted by atomic mass is 16.1. The highest BCUT2D eigenvalue weighted by Crippen LogP contribution is 2.09. The van der Waals surface area contributed by atoms with Crippen LogP contribution in [-0.2, 0) is 4.79 Å². The van der Waals surface area contributed by atoms with Crippen molar-refractivity contribution < 1.29 is 4.79 Å². The van der Waals surface area contributed by atoms with Crippen molar-refractivity contribution in [2.45, 2.75) is 84.5 Å². The third kappa shape index (κ3) is 13.5. The van der Waals surface area contributed by atoms with Crippen LogP contribution in [0.4, 0.5) is 0 Å². The molecule has 0 heterocycles. The van der Waals surface area contributed by atoms with Gasteiger partial charge in [0.25, 0.3) is 0 Å². The van der Waals surface area contributed by atoms with Gasteiger partial charge in [0.2, 0.25) is 5.91 Å². The number of rotatable bonds is 13. The smallest absolute Gasteiger partial charge is 0.223 e. The Kier molecular flexibility index (Phi) is 14.1. The van der Waals surface area contributed by atoms with Crippen LogP contribution >= 0.6 is 0 Å². The molecule has 1 amide bonds. The molecule has 0 aliphatic rings. The molecule has 0 spiro atoms. The van der Waals surface area contributed by atoms with Gasteiger partial charge in [-0.1, -0.05) is 71.6 Å². The summed E-state index contributed by atoms with van der Waals surface area (Å²) in [4.78, 5) is 11.3. The van der Waals surface area contributed by atoms with Crippen molar-refractivity contribution >= 4 is 5.91 Å². The van der Waals surface area contributed by atoms with Gasteiger partial charge in [0.1, 0.15) is 0 Å². The van der Waals surface area contributed by atoms with E-state index in [1.165, 1.54) is 51.4 Å². The number of hydrogen-bond acceptors (Lipinski definition) is 1. The van der Waals surface area contributed by atoms with Gasteiger partial charge in [-0.2, -0.15) is 0 Å². The Morgan fingerprint density at radius 2 is 1.39 bits per heavy atom. The minimum Gasteiger partial charge on any atom is -0.356 e. The zero-order valence-corrected chi connectivity index (χ0v) is 12.5. The second-order valence-corrected chi connectivity index (χ2v) is 5.11. The second-order valence-electron chi connectivity index (χ2n) is 5.11. The summed E-state index contributed by atoms with van der Waals surface area (Å²) >= 11 is 0. The molecule has 0 unspecified atom stereocenters. The van der Waals surface area contributed by atoms with Gasteiger partial charge in [0.15, 0.2) is 0 Å². The molecule has 18 heavy (non-hydrogen) atoms. The molecule has 107 valence electrons. The molecule has 1 radical (unpaired) electrons. The number of amides is 1. The highest BCUT2D eigenvalue weighted by molar-refractivity contribution is 5.84. The molecule has 2 heteroatoms. The molecule has 0 aromatic carbocycles. The predicted molar refractivity (Wildman–Crippen MR) is 79.4 cm³/mol. The molecule has 2 nitrogen and oxygen atoms in total. The van der Waals surface area contributed by atoms with Crippen LogP contribution in [0, 0.1) is 6.42 Å². The zero-order valence-electron chi connectivity index (χ0n) is 12.5. The van der Waals surface area contributed by atoms with Crippen molar-refractivity contribution in [1.29, 1.82) is 0 Å². The normalized spacial score (nSPS) is 10.6. The van der Waals surface area contributed by atoms with Crippen molar-refractivity contribution in [2.75, 3.05) is 6.54 Å². The summed E-state index contributed by atoms with van der Waals surface area (Å²) in [6.07, 6.45) is 15.7. The maximum atomic E-state index is 11.3. The number of nitrogens with one attached hydrogen (secondary N) is 1. The van der Waals surface area contributed by atoms with Crippen molar-refractivity contribution in [1.82, 2.24) is 5.32 Å². The van der Waals surface area contributed by atoms with Crippen molar-refractivity contribution in [3.8, 4) is 0 Å². The van der Waals surface area contributed by atoms with Crippen LogP contribution in [0.5, 0.6) is 0 Å². The Labute approximate surface area is 114 Å². The second kappa shape index (κ2) is 14.5. The molecule has 0 aromatic heterocycles. The lowest BCUT2D eigenvalue weighted by Gasteiger charge is -2.04. The Morgan fingerprint density at radius 3 is 1.94 bits per heavy atom. The number of unbranched alkanes of at least 4 members (excludes halogenated alkanes) is 9. The summed E-state index contributed by atoms with van der Waals surface area (Å²) < 4.78 is 0. The van der Waals surface area contributed by atoms with Gasteiger partial charge in [-0.3, -0.25) is 4.79 Å². The first-order valence-electron chi connectivity index (χ1n) is 7.92. The standard InChI is InChI=1S/C16H32NO/c1-3-5-7-8-9-10-11-12-13-15-17-16(18)14-6-4-2/h14H,3-13,15H2,1-2H3,(H,17,18). The zero-order chi connectivity index (χ0) is 13.5. The van der Waals surface area contributed by atoms with E-state index in [2.05, 4.69) is 19.2 Å². The monoisotopic (exact) mass is 254 g/mol. The summed E-state index contributed by atoms with van der Waals surface area (Å²) in [6, 6.07) is 0. The first-order chi connectivity index (χ1) is 8.81. The van der Waals surface area contributed by atoms with Crippen LogP contribution in [0.15, 0.2) is 0 Å². The third-order valence-corrected chi connectivity index (χ3v) is 3.20. The van der Waals surface area contributed by atoms with E-state index >= 15 is 0 Å². The molecular weight excluding hydrogens is 222 g/mol. The Hall–Kier alpha value is -0.530. The van der Waals surface area contributed by atoms with Crippen molar-refractivity contribution in [2.24, 2.45) is 0 Å². The first kappa shape index (κ1) is 17.5. The first-order valence-corrected chi connectivity index (χ1v) is 7.92. The van der Waals surface area contributed by atoms with Crippen molar-refractivity contribution in [3.05, 3.63) is 6.42 Å². The maximum Gasteiger partial charge on any atom is 0.223 e. The largest absolute Gasteiger partial charge is 0.356 e. The van der Waals surface area contributed by atoms with E-state index in [1.807, 2.05) is 0 Å². The molecule has 0 aromatic rings. The van der Waals surface area contributed by atoms with Gasteiger partial charge < -0.3 is 5.32 Å². The Morgan fingerprint density at radius 1 is 0.833 bits per heavy atom. The quantitative estimate of drug-likeness (QED) is 0.477. The summed E-state index contributed by atoms with van der Waals surface area (Å²) in [6.45, 7) is 5.19. The number of carbonyl (C=O) groups is 1. The molecular formula is C16H32NO. The Bertz CT molecular complexity index is 180. The lowest BCUT2D eigenvalue weighted by atomic mass is 10.1. The van der Waals surface area contributed by atoms with Crippen LogP contribution in [0.3, 0.4) is 0 Å². The lowest BCUT2D eigenvalue weighted by Crippen LogP contribution is -2.24. The van der Waals surface area contributed by atoms with E-state index in [9.17, 15) is 4.79 Å². The SMILES string of the molecule is CCC[CH]C(=O)NCCCCCCCCCCC. The molecule has 0 aliphatic carbocycles. The minimum absolute atomic E-state index is 0.108. The predicted octanol–water partition coefficient (Wildman–Crippen LogP) is 4.64. The van der Waals surface area contributed by atoms with E-state index in [0.29, 0.717) is 0 Å². The van der Waals surface area contributed by atoms with Crippen LogP contribution in [-0.4, -0.2) is 12.5 Å². The van der Waals surface area contributed by atoms with Gasteiger partial charge in [0, 0.05) is 13.0 Å². The van der Waals surface area contributed by atoms with E-state index in [0.717, 1.165) is 25.8 Å². The van der Waals surface area contributed by atoms with Gasteiger partial charge in [-0.25, -0.2) is 0 Å². The Balaban J connectivity index is 3.04. The molecule has 0 aliphatic heterocycles. The summed E-state index contributed by atoms with van der Waals surface area (Å²) in [5.74, 6) is 0.108. The summed E-state index contributed by atoms with van der Waals surface area (Å²) in [5, 5.41) is 2.94. The fraction of sp³-hybridized carbons (Fsp3) is 0.875. The average Bonchev–Trinajstić information content (AvgIpc) is 2.38. The van der Waals surface area contributed by atoms with Gasteiger partial charge in [-0.15, -0.1) is 0 Å². The fourth-order valence-electron chi connectivity index (χ4n) is 1.99. The van der Waals surface area contributed by atoms with Gasteiger partial charge in [0.05, 0.1) is 0 Å². The van der Waals surface area contributed by atoms with E-state index < -0.39 is 0 Å². The van der Waals surface area contributed by atoms with Crippen LogP contribution in [0.25, 0.3) is 0 Å². The van der Waals surface area contributed by atoms with Gasteiger partial charge >= 0.3 is 0 Å². The molecule has 0 saturated heterocycles. The third-order valence-electron chi connectivity index (χ3n) is 3.20. The topological polar surface area (TPSA) is 29.1 Å². The van der Waals surface area contributed by atoms with Crippen LogP contribution in [0.1, 0.15) is 84.5 Å². The average molecular weight is 254 g/mol. The fourth-order valence-corrected chi connectivity index (χ4v) is 1.99. The van der Waals surface area contributed by atoms with E-state index in [4.69, 9.17) is 0 Å². The van der Waals surface area contributed by atoms with Crippen LogP contribution < -0.4 is 5.32 Å². The van der Waals surface area contributed by atoms with Gasteiger partial charge in [-0.05, 0) is 12.8 Å². The molecule has 0 bridgehead atoms. The lowest BCUT2D eigenvalue weighted by molar-refractivity contribution is -0.118. The molecule has 0 atom stereocenters. The molecule has 1 N–H and O–H groups in total. The minimum atomic E-state index is 0.108. The number of hydrogen-bond donors (Lipinski definition) is 1.